The molecule has 0 spiro atoms. The van der Waals surface area contributed by atoms with E-state index in [-0.39, 0.29) is 23.2 Å². The number of amides is 1. The van der Waals surface area contributed by atoms with E-state index in [2.05, 4.69) is 0 Å². The number of ketones is 1. The lowest BCUT2D eigenvalue weighted by molar-refractivity contribution is -0.132. The molecule has 0 radical (unpaired) electrons. The lowest BCUT2D eigenvalue weighted by Gasteiger charge is -2.25. The molecule has 1 fully saturated rings. The molecule has 3 aromatic carbocycles. The highest BCUT2D eigenvalue weighted by molar-refractivity contribution is 6.51. The number of anilines is 1. The van der Waals surface area contributed by atoms with Crippen LogP contribution < -0.4 is 14.4 Å². The number of methoxy groups -OCH3 is 1. The fourth-order valence-electron chi connectivity index (χ4n) is 4.15. The second-order valence-electron chi connectivity index (χ2n) is 8.61. The summed E-state index contributed by atoms with van der Waals surface area (Å²) in [5.74, 6) is -0.512. The number of aliphatic hydroxyl groups is 1. The number of benzene rings is 3. The van der Waals surface area contributed by atoms with Crippen LogP contribution in [0.4, 0.5) is 5.69 Å². The molecule has 1 saturated heterocycles. The van der Waals surface area contributed by atoms with Gasteiger partial charge in [0.25, 0.3) is 11.7 Å². The fraction of sp³-hybridized carbons (Fsp3) is 0.214. The number of aliphatic hydroxyl groups excluding tert-OH is 1. The number of aromatic hydroxyl groups is 1. The van der Waals surface area contributed by atoms with Crippen LogP contribution in [0.15, 0.2) is 72.3 Å². The Hall–Kier alpha value is -4.26. The molecule has 1 unspecified atom stereocenters. The van der Waals surface area contributed by atoms with Crippen LogP contribution >= 0.6 is 0 Å². The number of rotatable bonds is 6. The molecular formula is C28H27NO6. The maximum absolute atomic E-state index is 13.3. The summed E-state index contributed by atoms with van der Waals surface area (Å²) >= 11 is 0. The third kappa shape index (κ3) is 4.57. The van der Waals surface area contributed by atoms with Gasteiger partial charge in [-0.05, 0) is 86.5 Å². The smallest absolute Gasteiger partial charge is 0.300 e. The van der Waals surface area contributed by atoms with Crippen LogP contribution in [0.3, 0.4) is 0 Å². The van der Waals surface area contributed by atoms with Crippen molar-refractivity contribution in [2.75, 3.05) is 12.0 Å². The second-order valence-corrected chi connectivity index (χ2v) is 8.61. The average molecular weight is 474 g/mol. The highest BCUT2D eigenvalue weighted by atomic mass is 16.5. The summed E-state index contributed by atoms with van der Waals surface area (Å²) in [6.45, 7) is 5.69. The highest BCUT2D eigenvalue weighted by Crippen LogP contribution is 2.43. The number of hydrogen-bond acceptors (Lipinski definition) is 6. The first-order chi connectivity index (χ1) is 16.7. The molecule has 1 heterocycles. The van der Waals surface area contributed by atoms with Gasteiger partial charge in [0.2, 0.25) is 0 Å². The number of hydrogen-bond donors (Lipinski definition) is 2. The molecule has 0 bridgehead atoms. The van der Waals surface area contributed by atoms with Gasteiger partial charge in [0.1, 0.15) is 23.0 Å². The average Bonchev–Trinajstić information content (AvgIpc) is 3.10. The van der Waals surface area contributed by atoms with Crippen LogP contribution in [0.1, 0.15) is 36.6 Å². The van der Waals surface area contributed by atoms with E-state index in [1.807, 2.05) is 20.8 Å². The monoisotopic (exact) mass is 473 g/mol. The topological polar surface area (TPSA) is 96.3 Å². The Morgan fingerprint density at radius 1 is 0.971 bits per heavy atom. The minimum absolute atomic E-state index is 0.0162. The summed E-state index contributed by atoms with van der Waals surface area (Å²) in [6, 6.07) is 17.2. The van der Waals surface area contributed by atoms with E-state index in [4.69, 9.17) is 9.47 Å². The third-order valence-corrected chi connectivity index (χ3v) is 5.81. The van der Waals surface area contributed by atoms with Crippen molar-refractivity contribution in [1.29, 1.82) is 0 Å². The Bertz CT molecular complexity index is 1290. The van der Waals surface area contributed by atoms with Crippen molar-refractivity contribution in [3.8, 4) is 17.2 Å². The lowest BCUT2D eigenvalue weighted by Crippen LogP contribution is -2.29. The molecule has 7 heteroatoms. The third-order valence-electron chi connectivity index (χ3n) is 5.81. The first-order valence-electron chi connectivity index (χ1n) is 11.2. The minimum Gasteiger partial charge on any atom is -0.508 e. The summed E-state index contributed by atoms with van der Waals surface area (Å²) in [4.78, 5) is 27.8. The van der Waals surface area contributed by atoms with E-state index in [1.54, 1.807) is 54.6 Å². The van der Waals surface area contributed by atoms with Gasteiger partial charge in [-0.3, -0.25) is 14.5 Å². The molecule has 0 aromatic heterocycles. The van der Waals surface area contributed by atoms with E-state index in [0.29, 0.717) is 28.3 Å². The molecular weight excluding hydrogens is 446 g/mol. The van der Waals surface area contributed by atoms with Crippen molar-refractivity contribution in [2.45, 2.75) is 32.9 Å². The molecule has 3 aromatic rings. The van der Waals surface area contributed by atoms with Crippen molar-refractivity contribution >= 4 is 23.1 Å². The number of phenols is 1. The van der Waals surface area contributed by atoms with Gasteiger partial charge < -0.3 is 19.7 Å². The second kappa shape index (κ2) is 9.54. The first-order valence-corrected chi connectivity index (χ1v) is 11.2. The Balaban J connectivity index is 1.87. The molecule has 1 amide bonds. The molecule has 1 aliphatic heterocycles. The van der Waals surface area contributed by atoms with Gasteiger partial charge in [0.15, 0.2) is 0 Å². The highest BCUT2D eigenvalue weighted by Gasteiger charge is 2.47. The van der Waals surface area contributed by atoms with Crippen LogP contribution in [0.5, 0.6) is 17.2 Å². The minimum atomic E-state index is -0.893. The standard InChI is InChI=1S/C28H27NO6/c1-16(2)35-23-14-7-19(15-17(23)3)26(31)24-25(18-5-10-21(30)11-6-18)29(28(33)27(24)32)20-8-12-22(34-4)13-9-20/h5-16,25,30-31H,1-4H3/b26-24-. The summed E-state index contributed by atoms with van der Waals surface area (Å²) in [5, 5.41) is 21.1. The number of Topliss-reactive ketones (excluding diaryl/α,β-unsaturated/α-hetero) is 1. The van der Waals surface area contributed by atoms with Crippen molar-refractivity contribution in [1.82, 2.24) is 0 Å². The number of phenolic OH excluding ortho intramolecular Hbond substituents is 1. The largest absolute Gasteiger partial charge is 0.508 e. The zero-order chi connectivity index (χ0) is 25.3. The van der Waals surface area contributed by atoms with Gasteiger partial charge >= 0.3 is 0 Å². The number of carbonyl (C=O) groups excluding carboxylic acids is 2. The summed E-state index contributed by atoms with van der Waals surface area (Å²) in [5.41, 5.74) is 2.19. The summed E-state index contributed by atoms with van der Waals surface area (Å²) in [6.07, 6.45) is -0.0162. The van der Waals surface area contributed by atoms with Crippen LogP contribution in [-0.2, 0) is 9.59 Å². The number of nitrogens with zero attached hydrogens (tertiary/aromatic N) is 1. The molecule has 180 valence electrons. The summed E-state index contributed by atoms with van der Waals surface area (Å²) in [7, 11) is 1.54. The van der Waals surface area contributed by atoms with Crippen LogP contribution in [0.2, 0.25) is 0 Å². The van der Waals surface area contributed by atoms with E-state index in [0.717, 1.165) is 5.56 Å². The SMILES string of the molecule is COc1ccc(N2C(=O)C(=O)/C(=C(\O)c3ccc(OC(C)C)c(C)c3)C2c2ccc(O)cc2)cc1. The molecule has 2 N–H and O–H groups in total. The zero-order valence-electron chi connectivity index (χ0n) is 20.0. The van der Waals surface area contributed by atoms with E-state index >= 15 is 0 Å². The number of carbonyl (C=O) groups is 2. The van der Waals surface area contributed by atoms with Crippen LogP contribution in [0.25, 0.3) is 5.76 Å². The molecule has 1 aliphatic rings. The first kappa shape index (κ1) is 23.9. The van der Waals surface area contributed by atoms with Crippen molar-refractivity contribution in [3.63, 3.8) is 0 Å². The predicted molar refractivity (Wildman–Crippen MR) is 133 cm³/mol. The van der Waals surface area contributed by atoms with Gasteiger partial charge in [-0.1, -0.05) is 12.1 Å². The van der Waals surface area contributed by atoms with Crippen molar-refractivity contribution in [2.24, 2.45) is 0 Å². The molecule has 0 aliphatic carbocycles. The van der Waals surface area contributed by atoms with Crippen molar-refractivity contribution < 1.29 is 29.3 Å². The van der Waals surface area contributed by atoms with Gasteiger partial charge in [-0.25, -0.2) is 0 Å². The van der Waals surface area contributed by atoms with Gasteiger partial charge in [0.05, 0.1) is 24.8 Å². The molecule has 1 atom stereocenters. The van der Waals surface area contributed by atoms with E-state index < -0.39 is 17.7 Å². The van der Waals surface area contributed by atoms with Crippen molar-refractivity contribution in [3.05, 3.63) is 89.0 Å². The number of ether oxygens (including phenoxy) is 2. The van der Waals surface area contributed by atoms with Gasteiger partial charge in [0, 0.05) is 11.3 Å². The molecule has 35 heavy (non-hydrogen) atoms. The Labute approximate surface area is 203 Å². The maximum atomic E-state index is 13.3. The maximum Gasteiger partial charge on any atom is 0.300 e. The summed E-state index contributed by atoms with van der Waals surface area (Å²) < 4.78 is 11.0. The van der Waals surface area contributed by atoms with Crippen LogP contribution in [-0.4, -0.2) is 35.1 Å². The zero-order valence-corrected chi connectivity index (χ0v) is 20.0. The van der Waals surface area contributed by atoms with E-state index in [1.165, 1.54) is 24.1 Å². The number of aryl methyl sites for hydroxylation is 1. The Morgan fingerprint density at radius 3 is 2.20 bits per heavy atom. The van der Waals surface area contributed by atoms with Gasteiger partial charge in [-0.15, -0.1) is 0 Å². The Morgan fingerprint density at radius 2 is 1.63 bits per heavy atom. The quantitative estimate of drug-likeness (QED) is 0.293. The molecule has 4 rings (SSSR count). The van der Waals surface area contributed by atoms with E-state index in [9.17, 15) is 19.8 Å². The van der Waals surface area contributed by atoms with Gasteiger partial charge in [-0.2, -0.15) is 0 Å². The lowest BCUT2D eigenvalue weighted by atomic mass is 9.94. The Kier molecular flexibility index (Phi) is 6.51. The predicted octanol–water partition coefficient (Wildman–Crippen LogP) is 5.12. The normalized spacial score (nSPS) is 17.2. The molecule has 0 saturated carbocycles. The fourth-order valence-corrected chi connectivity index (χ4v) is 4.15. The molecule has 7 nitrogen and oxygen atoms in total. The van der Waals surface area contributed by atoms with Crippen LogP contribution in [0, 0.1) is 6.92 Å².